The number of amides is 4. The molecular weight excluding hydrogens is 2100 g/mol. The minimum absolute atomic E-state index is 0. The Morgan fingerprint density at radius 2 is 0.896 bits per heavy atom. The van der Waals surface area contributed by atoms with Gasteiger partial charge in [-0.1, -0.05) is 103 Å². The molecule has 0 heterocycles. The summed E-state index contributed by atoms with van der Waals surface area (Å²) in [4.78, 5) is 72.3. The van der Waals surface area contributed by atoms with Gasteiger partial charge in [0.2, 0.25) is 11.7 Å². The number of carboxylic acid groups (broad SMARTS) is 1. The number of rotatable bonds is 19. The summed E-state index contributed by atoms with van der Waals surface area (Å²) in [6.45, 7) is 6.37. The van der Waals surface area contributed by atoms with E-state index in [4.69, 9.17) is 45.8 Å². The number of thioether (sulfide) groups is 1. The van der Waals surface area contributed by atoms with Crippen LogP contribution in [0.3, 0.4) is 0 Å². The molecule has 748 valence electrons. The van der Waals surface area contributed by atoms with E-state index in [0.717, 1.165) is 131 Å². The normalized spacial score (nSPS) is 12.9. The molecule has 0 aromatic heterocycles. The minimum Gasteiger partial charge on any atom is -1.00 e. The quantitative estimate of drug-likeness (QED) is 0.00431. The standard InChI is InChI=1S/C23H20ClF5N2O2.C13H12ClNO3.C10H8F5NO.C10H10F5N.C10H7F5O.C7H4F3I.C5H9F2NO2.C3H7.C2H6S.CH4.Al.2ClH.Li.Mg.H3NO.4H/c1-22(25,26)20(14-3-2-4-15(12-14)23(27,28)29)31-19(32)10-6-13-5-9-17(18(24)11-13)21(33)30-16-7-8-16;14-11-7-8(2-6-12(16)17)1-5-10(11)13(18)15-9-3-4-9;1-9(11,12)8(16-17)6-3-2-4-7(5-6)10(13,14)15;2*1-9(11,12)8(16)6-3-2-4-7(5-6)10(13,14)15;8-7(9,10)5-2-1-3-6(11)4-5;1-5(6,7)4(9)8(2)10-3;2*1-3-2;;;;;;;1-2;;;;/h2-6,9-12,16,20H,7-8H2,1H3,(H,30,33)(H,31,32);1-2,5-7,9H,3-4H2,(H,15,18)(H,16,17);2-5,17H,1H3;2-5,8H,16H2,1H3;2-5H,1H3;1-4H;1-3H3;3H,1-2H3;1-2H3;1H4;;2*1H;;;2H,1H2;;;;/q;;;;;;;-1;;;;;;+1;+2;;;;;-1/p-1/b10-6+;6-2+;;;;;;;;;;;;;;;;;;/i;;;;;;;;1D;;;;;;;;;;;. The molecule has 0 radical (unpaired) electrons. The monoisotopic (exact) mass is 2190 g/mol. The first kappa shape index (κ1) is 138. The maximum atomic E-state index is 14.1. The molecule has 2 saturated carbocycles. The van der Waals surface area contributed by atoms with Gasteiger partial charge in [0.1, 0.15) is 6.04 Å². The third-order valence-corrected chi connectivity index (χ3v) is 16.8. The summed E-state index contributed by atoms with van der Waals surface area (Å²) in [6.07, 6.45) is -9.82. The van der Waals surface area contributed by atoms with Gasteiger partial charge in [-0.05, 0) is 186 Å². The number of benzene rings is 7. The van der Waals surface area contributed by atoms with Gasteiger partial charge < -0.3 is 57.5 Å². The number of nitrogens with one attached hydrogen (secondary N) is 3. The van der Waals surface area contributed by atoms with E-state index in [1.54, 1.807) is 24.3 Å². The van der Waals surface area contributed by atoms with Crippen LogP contribution < -0.4 is 58.8 Å². The summed E-state index contributed by atoms with van der Waals surface area (Å²) >= 11 is 15.5. The first-order chi connectivity index (χ1) is 59.5. The van der Waals surface area contributed by atoms with E-state index in [9.17, 15) is 139 Å². The van der Waals surface area contributed by atoms with Gasteiger partial charge in [-0.25, -0.2) is 33.3 Å². The number of nitrogens with two attached hydrogens (primary N) is 2. The summed E-state index contributed by atoms with van der Waals surface area (Å²) < 4.78 is 321. The SMILES string of the molecule is C.CC(F)(F)C(=NO)c1cccc(C(F)(F)F)c1.CC(F)(F)C(=O)c1cccc(C(F)(F)F)c1.CC(F)(F)C(N)c1cccc(C(F)(F)F)c1.CC(F)(F)C(NC(=O)/C=C/c1ccc(C(=O)NC2CC2)c(Cl)c1)c1cccc(C(F)(F)F)c1.CON(C)C(=O)C(C)(F)F.C[CH-]C.Cl.FC(F)(F)c1cccc(I)c1.NO.O=C(O)/C=C/c1ccc(C(=O)NC2CC2)c(Cl)c1.[2H]CSC.[AlH3].[Cl-].[H-].[Li+].[Mg+2]. The average molecular weight is 2200 g/mol. The van der Waals surface area contributed by atoms with Crippen molar-refractivity contribution in [3.63, 3.8) is 0 Å². The van der Waals surface area contributed by atoms with Gasteiger partial charge in [0.15, 0.2) is 23.1 Å². The fraction of sp³-hybridized carbons (Fsp3) is 0.357. The fourth-order valence-electron chi connectivity index (χ4n) is 9.10. The molecule has 51 heteroatoms. The first-order valence-electron chi connectivity index (χ1n) is 36.9. The molecule has 2 unspecified atom stereocenters. The number of carbonyl (C=O) groups is 6. The predicted octanol–water partition coefficient (Wildman–Crippen LogP) is 17.7. The zero-order chi connectivity index (χ0) is 101. The van der Waals surface area contributed by atoms with Gasteiger partial charge in [0, 0.05) is 82.0 Å². The van der Waals surface area contributed by atoms with Crippen LogP contribution in [-0.2, 0) is 50.1 Å². The van der Waals surface area contributed by atoms with Crippen molar-refractivity contribution in [3.05, 3.63) is 262 Å². The Bertz CT molecular complexity index is 4900. The van der Waals surface area contributed by atoms with Crippen LogP contribution >= 0.6 is 70.0 Å². The minimum atomic E-state index is -4.71. The third-order valence-electron chi connectivity index (χ3n) is 15.5. The Balaban J connectivity index is -0.000000238. The number of carbonyl (C=O) groups excluding carboxylic acids is 5. The second-order valence-corrected chi connectivity index (χ2v) is 29.7. The largest absolute Gasteiger partial charge is 2.00 e. The summed E-state index contributed by atoms with van der Waals surface area (Å²) in [5.41, 5.74) is -0.813. The molecule has 4 amide bonds. The van der Waals surface area contributed by atoms with Gasteiger partial charge in [0.25, 0.3) is 29.6 Å². The van der Waals surface area contributed by atoms with Crippen molar-refractivity contribution in [2.45, 2.75) is 166 Å². The van der Waals surface area contributed by atoms with Gasteiger partial charge >= 0.3 is 96.5 Å². The number of carboxylic acids is 1. The number of Topliss-reactive ketones (excluding diaryl/α,β-unsaturated/α-hetero) is 1. The zero-order valence-electron chi connectivity index (χ0n) is 73.5. The summed E-state index contributed by atoms with van der Waals surface area (Å²) in [5, 5.41) is 34.5. The van der Waals surface area contributed by atoms with Crippen molar-refractivity contribution >= 4 is 164 Å². The van der Waals surface area contributed by atoms with E-state index < -0.39 is 141 Å². The van der Waals surface area contributed by atoms with Gasteiger partial charge in [-0.15, -0.1) is 12.4 Å². The average Bonchev–Trinajstić information content (AvgIpc) is 1.71. The summed E-state index contributed by atoms with van der Waals surface area (Å²) in [7, 11) is 2.27. The molecule has 0 aliphatic heterocycles. The molecule has 7 aromatic carbocycles. The number of oxime groups is 1. The molecular formula is C84H95AlCl4F25ILiMgN7O10S. The van der Waals surface area contributed by atoms with Crippen molar-refractivity contribution in [2.75, 3.05) is 26.6 Å². The molecule has 2 aliphatic carbocycles. The van der Waals surface area contributed by atoms with Crippen LogP contribution in [0.5, 0.6) is 0 Å². The topological polar surface area (TPSA) is 276 Å². The van der Waals surface area contributed by atoms with Gasteiger partial charge in [0.05, 0.1) is 62.1 Å². The van der Waals surface area contributed by atoms with E-state index >= 15 is 0 Å². The second kappa shape index (κ2) is 63.4. The molecule has 10 N–H and O–H groups in total. The number of hydroxylamine groups is 2. The fourth-order valence-corrected chi connectivity index (χ4v) is 10.2. The van der Waals surface area contributed by atoms with Crippen molar-refractivity contribution in [2.24, 2.45) is 16.8 Å². The molecule has 0 bridgehead atoms. The van der Waals surface area contributed by atoms with Crippen LogP contribution in [-0.4, -0.2) is 170 Å². The van der Waals surface area contributed by atoms with Gasteiger partial charge in [-0.3, -0.25) is 28.8 Å². The molecule has 2 atom stereocenters. The Morgan fingerprint density at radius 1 is 0.563 bits per heavy atom. The number of hydrogen-bond acceptors (Lipinski definition) is 13. The second-order valence-electron chi connectivity index (χ2n) is 27.0. The summed E-state index contributed by atoms with van der Waals surface area (Å²) in [6, 6.07) is 24.5. The molecule has 9 rings (SSSR count). The van der Waals surface area contributed by atoms with Crippen LogP contribution in [0.25, 0.3) is 12.2 Å². The molecule has 0 spiro atoms. The van der Waals surface area contributed by atoms with Crippen molar-refractivity contribution in [1.82, 2.24) is 21.0 Å². The van der Waals surface area contributed by atoms with Crippen LogP contribution in [0, 0.1) is 9.99 Å². The Kier molecular flexibility index (Phi) is 65.0. The van der Waals surface area contributed by atoms with E-state index in [0.29, 0.717) is 102 Å². The van der Waals surface area contributed by atoms with Crippen molar-refractivity contribution in [1.29, 1.82) is 0 Å². The van der Waals surface area contributed by atoms with E-state index in [-0.39, 0.29) is 139 Å². The molecule has 0 saturated heterocycles. The number of ketones is 1. The van der Waals surface area contributed by atoms with Crippen LogP contribution in [0.1, 0.15) is 183 Å². The smallest absolute Gasteiger partial charge is 1.00 e. The molecule has 17 nitrogen and oxygen atoms in total. The Labute approximate surface area is 843 Å². The van der Waals surface area contributed by atoms with E-state index in [1.807, 2.05) is 49.1 Å². The number of alkyl halides is 25. The van der Waals surface area contributed by atoms with Crippen molar-refractivity contribution in [3.8, 4) is 0 Å². The number of halogens is 30. The molecule has 2 fully saturated rings. The molecule has 135 heavy (non-hydrogen) atoms. The number of aliphatic carboxylic acids is 1. The molecule has 7 aromatic rings. The number of hydrogen-bond donors (Lipinski definition) is 8. The molecule has 2 aliphatic rings. The van der Waals surface area contributed by atoms with Crippen LogP contribution in [0.2, 0.25) is 10.0 Å². The first-order valence-corrected chi connectivity index (χ1v) is 39.4. The summed E-state index contributed by atoms with van der Waals surface area (Å²) in [5.74, 6) is -19.3. The Morgan fingerprint density at radius 3 is 1.19 bits per heavy atom. The van der Waals surface area contributed by atoms with E-state index in [2.05, 4.69) is 31.8 Å². The predicted molar refractivity (Wildman–Crippen MR) is 475 cm³/mol. The van der Waals surface area contributed by atoms with Crippen LogP contribution in [0.4, 0.5) is 110 Å². The Hall–Kier alpha value is -7.26. The maximum absolute atomic E-state index is 14.1. The van der Waals surface area contributed by atoms with Crippen LogP contribution in [0.15, 0.2) is 175 Å². The van der Waals surface area contributed by atoms with Crippen molar-refractivity contribution < 1.29 is 193 Å². The number of nitrogens with zero attached hydrogens (tertiary/aromatic N) is 2. The maximum Gasteiger partial charge on any atom is 2.00 e. The van der Waals surface area contributed by atoms with E-state index in [1.165, 1.54) is 48.2 Å². The third kappa shape index (κ3) is 55.4. The van der Waals surface area contributed by atoms with Gasteiger partial charge in [-0.2, -0.15) is 118 Å². The zero-order valence-corrected chi connectivity index (χ0v) is 78.9.